The number of benzene rings is 3. The molecule has 2 atom stereocenters. The van der Waals surface area contributed by atoms with Gasteiger partial charge in [0, 0.05) is 35.1 Å². The van der Waals surface area contributed by atoms with E-state index in [1.807, 2.05) is 49.4 Å². The van der Waals surface area contributed by atoms with E-state index in [0.29, 0.717) is 31.7 Å². The van der Waals surface area contributed by atoms with Crippen molar-refractivity contribution in [3.63, 3.8) is 0 Å². The number of carbonyl (C=O) groups is 2. The number of hydrogen-bond donors (Lipinski definition) is 1. The lowest BCUT2D eigenvalue weighted by Gasteiger charge is -2.47. The summed E-state index contributed by atoms with van der Waals surface area (Å²) >= 11 is 0. The number of nitrogens with zero attached hydrogens (tertiary/aromatic N) is 2. The molecule has 0 unspecified atom stereocenters. The first-order chi connectivity index (χ1) is 18.0. The van der Waals surface area contributed by atoms with Crippen molar-refractivity contribution in [2.75, 3.05) is 19.7 Å². The van der Waals surface area contributed by atoms with E-state index in [4.69, 9.17) is 4.74 Å². The zero-order valence-corrected chi connectivity index (χ0v) is 20.6. The molecule has 0 bridgehead atoms. The number of ether oxygens (including phenoxy) is 1. The third kappa shape index (κ3) is 4.04. The Morgan fingerprint density at radius 2 is 1.76 bits per heavy atom. The Morgan fingerprint density at radius 1 is 1.00 bits per heavy atom. The van der Waals surface area contributed by atoms with Crippen LogP contribution in [0, 0.1) is 5.82 Å². The van der Waals surface area contributed by atoms with E-state index >= 15 is 0 Å². The van der Waals surface area contributed by atoms with Crippen LogP contribution in [0.5, 0.6) is 5.75 Å². The molecule has 188 valence electrons. The Kier molecular flexibility index (Phi) is 5.91. The summed E-state index contributed by atoms with van der Waals surface area (Å²) in [4.78, 5) is 34.6. The predicted molar refractivity (Wildman–Crippen MR) is 139 cm³/mol. The minimum absolute atomic E-state index is 0.0133. The molecule has 2 aliphatic rings. The highest BCUT2D eigenvalue weighted by atomic mass is 19.1. The summed E-state index contributed by atoms with van der Waals surface area (Å²) in [5, 5.41) is 1.07. The van der Waals surface area contributed by atoms with Crippen LogP contribution < -0.4 is 4.74 Å². The highest BCUT2D eigenvalue weighted by Crippen LogP contribution is 2.44. The van der Waals surface area contributed by atoms with Crippen LogP contribution in [0.25, 0.3) is 10.9 Å². The molecule has 1 fully saturated rings. The van der Waals surface area contributed by atoms with E-state index in [2.05, 4.69) is 11.1 Å². The minimum atomic E-state index is -0.610. The second-order valence-corrected chi connectivity index (χ2v) is 9.59. The number of rotatable bonds is 6. The van der Waals surface area contributed by atoms with Gasteiger partial charge in [0.25, 0.3) is 0 Å². The van der Waals surface area contributed by atoms with Crippen molar-refractivity contribution in [3.05, 3.63) is 101 Å². The Bertz CT molecular complexity index is 1480. The van der Waals surface area contributed by atoms with Crippen molar-refractivity contribution in [2.45, 2.75) is 31.8 Å². The van der Waals surface area contributed by atoms with Crippen LogP contribution in [0.15, 0.2) is 72.8 Å². The van der Waals surface area contributed by atoms with Crippen molar-refractivity contribution in [2.24, 2.45) is 0 Å². The highest BCUT2D eigenvalue weighted by molar-refractivity contribution is 5.97. The maximum absolute atomic E-state index is 13.9. The van der Waals surface area contributed by atoms with Crippen molar-refractivity contribution in [1.82, 2.24) is 14.8 Å². The molecule has 0 radical (unpaired) electrons. The lowest BCUT2D eigenvalue weighted by atomic mass is 9.86. The highest BCUT2D eigenvalue weighted by Gasteiger charge is 2.48. The number of aromatic amines is 1. The van der Waals surface area contributed by atoms with E-state index in [1.165, 1.54) is 12.1 Å². The molecule has 2 amide bonds. The van der Waals surface area contributed by atoms with Crippen LogP contribution in [0.1, 0.15) is 35.3 Å². The summed E-state index contributed by atoms with van der Waals surface area (Å²) in [6.45, 7) is 2.85. The normalized spacial score (nSPS) is 19.2. The molecule has 7 heteroatoms. The smallest absolute Gasteiger partial charge is 0.246 e. The van der Waals surface area contributed by atoms with Gasteiger partial charge in [-0.2, -0.15) is 0 Å². The number of aromatic nitrogens is 1. The number of amides is 2. The number of para-hydroxylation sites is 2. The molecular formula is C30H28FN3O3. The number of fused-ring (bicyclic) bond motifs is 4. The first-order valence-corrected chi connectivity index (χ1v) is 12.7. The van der Waals surface area contributed by atoms with E-state index in [0.717, 1.165) is 33.3 Å². The standard InChI is InChI=1S/C30H28FN3O3/c1-2-37-26-10-6-4-8-22(26)29-28-23(21-7-3-5-9-24(21)32-28)17-25-30(36)33(18-27(35)34(25)29)16-15-19-11-13-20(31)14-12-19/h3-14,25,29,32H,2,15-18H2,1H3/t25-,29-/m0/s1. The average molecular weight is 498 g/mol. The summed E-state index contributed by atoms with van der Waals surface area (Å²) in [6.07, 6.45) is 1.01. The van der Waals surface area contributed by atoms with E-state index < -0.39 is 12.1 Å². The fourth-order valence-corrected chi connectivity index (χ4v) is 5.75. The van der Waals surface area contributed by atoms with Crippen LogP contribution in [0.2, 0.25) is 0 Å². The topological polar surface area (TPSA) is 65.6 Å². The SMILES string of the molecule is CCOc1ccccc1[C@H]1c2[nH]c3ccccc3c2C[C@H]2C(=O)N(CCc3ccc(F)cc3)CC(=O)N12. The van der Waals surface area contributed by atoms with E-state index in [9.17, 15) is 14.0 Å². The van der Waals surface area contributed by atoms with Gasteiger partial charge in [-0.05, 0) is 48.7 Å². The van der Waals surface area contributed by atoms with Gasteiger partial charge in [-0.3, -0.25) is 9.59 Å². The second-order valence-electron chi connectivity index (χ2n) is 9.59. The first kappa shape index (κ1) is 23.3. The van der Waals surface area contributed by atoms with Crippen molar-refractivity contribution >= 4 is 22.7 Å². The number of H-pyrrole nitrogens is 1. The minimum Gasteiger partial charge on any atom is -0.494 e. The molecule has 3 aromatic carbocycles. The number of piperazine rings is 1. The Labute approximate surface area is 214 Å². The predicted octanol–water partition coefficient (Wildman–Crippen LogP) is 4.63. The number of carbonyl (C=O) groups excluding carboxylic acids is 2. The van der Waals surface area contributed by atoms with E-state index in [1.54, 1.807) is 21.9 Å². The molecule has 3 heterocycles. The Balaban J connectivity index is 1.40. The van der Waals surface area contributed by atoms with Gasteiger partial charge in [0.15, 0.2) is 0 Å². The van der Waals surface area contributed by atoms with Crippen LogP contribution in [0.4, 0.5) is 4.39 Å². The van der Waals surface area contributed by atoms with Gasteiger partial charge in [0.05, 0.1) is 13.2 Å². The lowest BCUT2D eigenvalue weighted by molar-refractivity contribution is -0.158. The summed E-state index contributed by atoms with van der Waals surface area (Å²) in [7, 11) is 0. The third-order valence-electron chi connectivity index (χ3n) is 7.44. The Hall–Kier alpha value is -4.13. The van der Waals surface area contributed by atoms with Crippen molar-refractivity contribution in [1.29, 1.82) is 0 Å². The molecule has 0 spiro atoms. The van der Waals surface area contributed by atoms with Gasteiger partial charge in [0.2, 0.25) is 11.8 Å². The van der Waals surface area contributed by atoms with Crippen molar-refractivity contribution in [3.8, 4) is 5.75 Å². The monoisotopic (exact) mass is 497 g/mol. The Morgan fingerprint density at radius 3 is 2.57 bits per heavy atom. The summed E-state index contributed by atoms with van der Waals surface area (Å²) in [5.41, 5.74) is 4.78. The van der Waals surface area contributed by atoms with Gasteiger partial charge in [-0.1, -0.05) is 48.5 Å². The van der Waals surface area contributed by atoms with Gasteiger partial charge in [-0.15, -0.1) is 0 Å². The van der Waals surface area contributed by atoms with E-state index in [-0.39, 0.29) is 24.2 Å². The molecule has 0 aliphatic carbocycles. The zero-order chi connectivity index (χ0) is 25.5. The molecule has 2 aliphatic heterocycles. The van der Waals surface area contributed by atoms with Gasteiger partial charge in [0.1, 0.15) is 23.7 Å². The molecule has 1 saturated heterocycles. The molecule has 6 rings (SSSR count). The first-order valence-electron chi connectivity index (χ1n) is 12.7. The molecule has 1 aromatic heterocycles. The average Bonchev–Trinajstić information content (AvgIpc) is 3.29. The summed E-state index contributed by atoms with van der Waals surface area (Å²) in [5.74, 6) is 0.263. The maximum atomic E-state index is 13.9. The molecule has 4 aromatic rings. The van der Waals surface area contributed by atoms with Gasteiger partial charge >= 0.3 is 0 Å². The molecular weight excluding hydrogens is 469 g/mol. The molecule has 1 N–H and O–H groups in total. The van der Waals surface area contributed by atoms with Crippen LogP contribution >= 0.6 is 0 Å². The molecule has 37 heavy (non-hydrogen) atoms. The maximum Gasteiger partial charge on any atom is 0.246 e. The van der Waals surface area contributed by atoms with Gasteiger partial charge < -0.3 is 19.5 Å². The number of hydrogen-bond acceptors (Lipinski definition) is 3. The van der Waals surface area contributed by atoms with Gasteiger partial charge in [-0.25, -0.2) is 4.39 Å². The van der Waals surface area contributed by atoms with Crippen LogP contribution in [-0.4, -0.2) is 52.3 Å². The van der Waals surface area contributed by atoms with Crippen molar-refractivity contribution < 1.29 is 18.7 Å². The van der Waals surface area contributed by atoms with Crippen LogP contribution in [0.3, 0.4) is 0 Å². The molecule has 6 nitrogen and oxygen atoms in total. The number of halogens is 1. The zero-order valence-electron chi connectivity index (χ0n) is 20.6. The molecule has 0 saturated carbocycles. The number of nitrogens with one attached hydrogen (secondary N) is 1. The summed E-state index contributed by atoms with van der Waals surface area (Å²) < 4.78 is 19.3. The fraction of sp³-hybridized carbons (Fsp3) is 0.267. The second kappa shape index (κ2) is 9.39. The summed E-state index contributed by atoms with van der Waals surface area (Å²) in [6, 6.07) is 21.0. The van der Waals surface area contributed by atoms with Crippen LogP contribution in [-0.2, 0) is 22.4 Å². The third-order valence-corrected chi connectivity index (χ3v) is 7.44. The fourth-order valence-electron chi connectivity index (χ4n) is 5.75. The quantitative estimate of drug-likeness (QED) is 0.422. The largest absolute Gasteiger partial charge is 0.494 e. The lowest BCUT2D eigenvalue weighted by Crippen LogP contribution is -2.63.